The maximum absolute atomic E-state index is 14.1. The van der Waals surface area contributed by atoms with Crippen molar-refractivity contribution in [1.29, 1.82) is 0 Å². The molecule has 4 heterocycles. The second-order valence-electron chi connectivity index (χ2n) is 11.1. The summed E-state index contributed by atoms with van der Waals surface area (Å²) in [4.78, 5) is 34.8. The summed E-state index contributed by atoms with van der Waals surface area (Å²) >= 11 is 7.58. The molecule has 3 aliphatic heterocycles. The van der Waals surface area contributed by atoms with Crippen LogP contribution in [-0.4, -0.2) is 78.5 Å². The van der Waals surface area contributed by atoms with Crippen LogP contribution in [0.3, 0.4) is 0 Å². The second kappa shape index (κ2) is 11.0. The minimum absolute atomic E-state index is 0.0451. The van der Waals surface area contributed by atoms with Crippen molar-refractivity contribution in [3.05, 3.63) is 34.2 Å². The molecule has 1 aromatic carbocycles. The van der Waals surface area contributed by atoms with Gasteiger partial charge in [0, 0.05) is 35.9 Å². The van der Waals surface area contributed by atoms with Crippen molar-refractivity contribution in [3.63, 3.8) is 0 Å². The molecule has 1 atom stereocenters. The summed E-state index contributed by atoms with van der Waals surface area (Å²) in [6.45, 7) is 7.53. The van der Waals surface area contributed by atoms with Gasteiger partial charge in [0.05, 0.1) is 4.88 Å². The Morgan fingerprint density at radius 2 is 1.58 bits per heavy atom. The average molecular weight is 531 g/mol. The third kappa shape index (κ3) is 5.45. The Bertz CT molecular complexity index is 1080. The molecule has 0 aliphatic carbocycles. The normalized spacial score (nSPS) is 23.0. The number of amides is 2. The summed E-state index contributed by atoms with van der Waals surface area (Å²) in [6, 6.07) is 7.57. The lowest BCUT2D eigenvalue weighted by Gasteiger charge is -2.46. The number of nitrogens with zero attached hydrogens (tertiary/aromatic N) is 3. The van der Waals surface area contributed by atoms with E-state index >= 15 is 0 Å². The van der Waals surface area contributed by atoms with E-state index in [0.717, 1.165) is 67.9 Å². The first kappa shape index (κ1) is 26.0. The molecule has 0 saturated carbocycles. The predicted molar refractivity (Wildman–Crippen MR) is 148 cm³/mol. The lowest BCUT2D eigenvalue weighted by atomic mass is 9.78. The largest absolute Gasteiger partial charge is 0.339 e. The Balaban J connectivity index is 1.30. The molecule has 196 valence electrons. The van der Waals surface area contributed by atoms with Crippen molar-refractivity contribution in [3.8, 4) is 0 Å². The summed E-state index contributed by atoms with van der Waals surface area (Å²) in [5, 5.41) is 4.86. The highest BCUT2D eigenvalue weighted by Gasteiger charge is 2.45. The molecule has 3 fully saturated rings. The Morgan fingerprint density at radius 1 is 0.944 bits per heavy atom. The minimum atomic E-state index is -1.04. The molecule has 3 saturated heterocycles. The Hall–Kier alpha value is -1.67. The number of hydrogen-bond acceptors (Lipinski definition) is 5. The van der Waals surface area contributed by atoms with Gasteiger partial charge in [-0.05, 0) is 101 Å². The van der Waals surface area contributed by atoms with E-state index in [1.54, 1.807) is 0 Å². The fourth-order valence-corrected chi connectivity index (χ4v) is 7.62. The zero-order valence-electron chi connectivity index (χ0n) is 21.6. The van der Waals surface area contributed by atoms with Gasteiger partial charge in [-0.1, -0.05) is 24.1 Å². The molecule has 2 amide bonds. The zero-order chi connectivity index (χ0) is 25.3. The first-order chi connectivity index (χ1) is 17.3. The van der Waals surface area contributed by atoms with Crippen LogP contribution in [0.15, 0.2) is 24.3 Å². The number of piperidine rings is 3. The molecule has 1 aromatic heterocycles. The summed E-state index contributed by atoms with van der Waals surface area (Å²) < 4.78 is 0.981. The quantitative estimate of drug-likeness (QED) is 0.586. The number of carbonyl (C=O) groups excluding carboxylic acids is 2. The van der Waals surface area contributed by atoms with Crippen LogP contribution < -0.4 is 5.32 Å². The summed E-state index contributed by atoms with van der Waals surface area (Å²) in [5.74, 6) is 1.36. The average Bonchev–Trinajstić information content (AvgIpc) is 3.33. The predicted octanol–water partition coefficient (Wildman–Crippen LogP) is 5.07. The van der Waals surface area contributed by atoms with Crippen LogP contribution in [0.1, 0.15) is 61.5 Å². The molecule has 8 heteroatoms. The molecular weight excluding hydrogens is 492 g/mol. The Labute approximate surface area is 223 Å². The molecule has 5 rings (SSSR count). The monoisotopic (exact) mass is 530 g/mol. The third-order valence-electron chi connectivity index (χ3n) is 8.72. The van der Waals surface area contributed by atoms with Crippen LogP contribution in [0.25, 0.3) is 10.1 Å². The highest BCUT2D eigenvalue weighted by atomic mass is 35.5. The fourth-order valence-electron chi connectivity index (χ4n) is 6.39. The van der Waals surface area contributed by atoms with Gasteiger partial charge in [0.1, 0.15) is 0 Å². The number of fused-ring (bicyclic) bond motifs is 1. The van der Waals surface area contributed by atoms with Crippen LogP contribution >= 0.6 is 22.9 Å². The van der Waals surface area contributed by atoms with Crippen molar-refractivity contribution in [1.82, 2.24) is 20.0 Å². The standard InChI is InChI=1S/C28H39ClN4O2S/c1-28(33-12-4-3-5-13-33,30-26(34)25-18-22-6-7-23(29)19-24(22)36-25)27(35)32-16-10-21(11-17-32)20-8-14-31(2)15-9-20/h6-7,18-21H,3-5,8-17H2,1-2H3,(H,30,34)/t28-/m0/s1. The van der Waals surface area contributed by atoms with Gasteiger partial charge in [-0.25, -0.2) is 0 Å². The number of hydrogen-bond donors (Lipinski definition) is 1. The molecule has 36 heavy (non-hydrogen) atoms. The van der Waals surface area contributed by atoms with Crippen molar-refractivity contribution in [2.75, 3.05) is 46.3 Å². The summed E-state index contributed by atoms with van der Waals surface area (Å²) in [6.07, 6.45) is 7.97. The van der Waals surface area contributed by atoms with Gasteiger partial charge in [-0.15, -0.1) is 11.3 Å². The summed E-state index contributed by atoms with van der Waals surface area (Å²) in [5.41, 5.74) is -1.04. The lowest BCUT2D eigenvalue weighted by Crippen LogP contribution is -2.68. The van der Waals surface area contributed by atoms with Crippen molar-refractivity contribution in [2.24, 2.45) is 11.8 Å². The molecular formula is C28H39ClN4O2S. The van der Waals surface area contributed by atoms with Crippen molar-refractivity contribution < 1.29 is 9.59 Å². The number of halogens is 1. The van der Waals surface area contributed by atoms with Gasteiger partial charge in [0.25, 0.3) is 11.8 Å². The Kier molecular flexibility index (Phi) is 7.92. The maximum atomic E-state index is 14.1. The topological polar surface area (TPSA) is 55.9 Å². The van der Waals surface area contributed by atoms with Gasteiger partial charge in [0.15, 0.2) is 5.66 Å². The van der Waals surface area contributed by atoms with E-state index in [-0.39, 0.29) is 11.8 Å². The van der Waals surface area contributed by atoms with Crippen LogP contribution in [0.4, 0.5) is 0 Å². The van der Waals surface area contributed by atoms with E-state index in [1.807, 2.05) is 36.1 Å². The molecule has 6 nitrogen and oxygen atoms in total. The van der Waals surface area contributed by atoms with Crippen LogP contribution in [0, 0.1) is 11.8 Å². The van der Waals surface area contributed by atoms with Crippen LogP contribution in [0.5, 0.6) is 0 Å². The van der Waals surface area contributed by atoms with E-state index in [9.17, 15) is 9.59 Å². The van der Waals surface area contributed by atoms with Gasteiger partial charge >= 0.3 is 0 Å². The van der Waals surface area contributed by atoms with Gasteiger partial charge in [-0.3, -0.25) is 14.5 Å². The van der Waals surface area contributed by atoms with E-state index in [1.165, 1.54) is 43.7 Å². The van der Waals surface area contributed by atoms with E-state index in [2.05, 4.69) is 22.2 Å². The summed E-state index contributed by atoms with van der Waals surface area (Å²) in [7, 11) is 2.21. The molecule has 0 radical (unpaired) electrons. The lowest BCUT2D eigenvalue weighted by molar-refractivity contribution is -0.148. The molecule has 0 bridgehead atoms. The number of nitrogens with one attached hydrogen (secondary N) is 1. The molecule has 0 unspecified atom stereocenters. The molecule has 3 aliphatic rings. The smallest absolute Gasteiger partial charge is 0.263 e. The van der Waals surface area contributed by atoms with Crippen LogP contribution in [-0.2, 0) is 4.79 Å². The van der Waals surface area contributed by atoms with Gasteiger partial charge < -0.3 is 15.1 Å². The molecule has 2 aromatic rings. The van der Waals surface area contributed by atoms with E-state index in [0.29, 0.717) is 15.8 Å². The highest BCUT2D eigenvalue weighted by molar-refractivity contribution is 7.20. The SMILES string of the molecule is CN1CCC(C2CCN(C(=O)[C@@](C)(NC(=O)c3cc4ccc(Cl)cc4s3)N3CCCCC3)CC2)CC1. The number of likely N-dealkylation sites (tertiary alicyclic amines) is 3. The molecule has 1 N–H and O–H groups in total. The zero-order valence-corrected chi connectivity index (χ0v) is 23.2. The third-order valence-corrected chi connectivity index (χ3v) is 10.1. The van der Waals surface area contributed by atoms with Crippen LogP contribution in [0.2, 0.25) is 5.02 Å². The minimum Gasteiger partial charge on any atom is -0.339 e. The first-order valence-corrected chi connectivity index (χ1v) is 14.8. The van der Waals surface area contributed by atoms with Gasteiger partial charge in [0.2, 0.25) is 0 Å². The number of rotatable bonds is 5. The fraction of sp³-hybridized carbons (Fsp3) is 0.643. The first-order valence-electron chi connectivity index (χ1n) is 13.6. The van der Waals surface area contributed by atoms with Gasteiger partial charge in [-0.2, -0.15) is 0 Å². The number of benzene rings is 1. The van der Waals surface area contributed by atoms with Crippen molar-refractivity contribution >= 4 is 44.8 Å². The Morgan fingerprint density at radius 3 is 2.25 bits per heavy atom. The number of thiophene rings is 1. The highest BCUT2D eigenvalue weighted by Crippen LogP contribution is 2.34. The van der Waals surface area contributed by atoms with E-state index in [4.69, 9.17) is 11.6 Å². The second-order valence-corrected chi connectivity index (χ2v) is 12.7. The maximum Gasteiger partial charge on any atom is 0.263 e. The van der Waals surface area contributed by atoms with E-state index < -0.39 is 5.66 Å². The number of carbonyl (C=O) groups is 2. The molecule has 0 spiro atoms. The van der Waals surface area contributed by atoms with Crippen molar-refractivity contribution in [2.45, 2.75) is 57.5 Å².